The minimum absolute atomic E-state index is 0.228. The second-order valence-corrected chi connectivity index (χ2v) is 3.97. The van der Waals surface area contributed by atoms with Gasteiger partial charge in [0.2, 0.25) is 0 Å². The first-order valence-corrected chi connectivity index (χ1v) is 5.65. The molecule has 0 aliphatic carbocycles. The molecule has 1 fully saturated rings. The van der Waals surface area contributed by atoms with Crippen LogP contribution in [0.5, 0.6) is 0 Å². The third-order valence-corrected chi connectivity index (χ3v) is 2.64. The van der Waals surface area contributed by atoms with Gasteiger partial charge in [0, 0.05) is 25.2 Å². The van der Waals surface area contributed by atoms with E-state index < -0.39 is 22.8 Å². The number of carbonyl (C=O) groups excluding carboxylic acids is 1. The number of rotatable bonds is 3. The van der Waals surface area contributed by atoms with E-state index in [1.807, 2.05) is 0 Å². The molecular formula is C11H12FN3O4. The standard InChI is InChI=1S/C11H12FN3O4/c12-8-2-1-7(15(17)18)5-9(8)14-11(16)10-6-13-3-4-19-10/h1-2,5,10,13H,3-4,6H2,(H,14,16). The number of hydrogen-bond donors (Lipinski definition) is 2. The fourth-order valence-corrected chi connectivity index (χ4v) is 1.67. The lowest BCUT2D eigenvalue weighted by molar-refractivity contribution is -0.384. The molecule has 1 aliphatic heterocycles. The van der Waals surface area contributed by atoms with Crippen molar-refractivity contribution >= 4 is 17.3 Å². The molecule has 1 aromatic carbocycles. The number of non-ortho nitro benzene ring substituents is 1. The molecule has 7 nitrogen and oxygen atoms in total. The van der Waals surface area contributed by atoms with Crippen LogP contribution in [-0.4, -0.2) is 36.6 Å². The number of nitrogens with one attached hydrogen (secondary N) is 2. The van der Waals surface area contributed by atoms with Crippen LogP contribution in [0.25, 0.3) is 0 Å². The van der Waals surface area contributed by atoms with Crippen molar-refractivity contribution in [3.63, 3.8) is 0 Å². The summed E-state index contributed by atoms with van der Waals surface area (Å²) in [5.41, 5.74) is -0.521. The molecule has 8 heteroatoms. The maximum atomic E-state index is 13.5. The zero-order valence-electron chi connectivity index (χ0n) is 9.89. The number of morpholine rings is 1. The average Bonchev–Trinajstić information content (AvgIpc) is 2.42. The van der Waals surface area contributed by atoms with Crippen molar-refractivity contribution < 1.29 is 18.8 Å². The summed E-state index contributed by atoms with van der Waals surface area (Å²) in [6, 6.07) is 2.95. The van der Waals surface area contributed by atoms with Gasteiger partial charge in [-0.05, 0) is 6.07 Å². The Bertz CT molecular complexity index is 503. The molecule has 1 unspecified atom stereocenters. The van der Waals surface area contributed by atoms with Crippen LogP contribution in [-0.2, 0) is 9.53 Å². The number of anilines is 1. The van der Waals surface area contributed by atoms with Gasteiger partial charge in [-0.3, -0.25) is 14.9 Å². The van der Waals surface area contributed by atoms with E-state index in [0.717, 1.165) is 18.2 Å². The van der Waals surface area contributed by atoms with Crippen molar-refractivity contribution in [3.8, 4) is 0 Å². The molecule has 1 saturated heterocycles. The van der Waals surface area contributed by atoms with E-state index in [1.54, 1.807) is 0 Å². The van der Waals surface area contributed by atoms with Crippen LogP contribution in [0.2, 0.25) is 0 Å². The van der Waals surface area contributed by atoms with Gasteiger partial charge in [-0.15, -0.1) is 0 Å². The largest absolute Gasteiger partial charge is 0.366 e. The number of amides is 1. The third kappa shape index (κ3) is 3.24. The summed E-state index contributed by atoms with van der Waals surface area (Å²) in [6.07, 6.45) is -0.729. The number of ether oxygens (including phenoxy) is 1. The molecule has 2 N–H and O–H groups in total. The Labute approximate surface area is 107 Å². The van der Waals surface area contributed by atoms with Crippen LogP contribution in [0, 0.1) is 15.9 Å². The van der Waals surface area contributed by atoms with E-state index in [1.165, 1.54) is 0 Å². The number of nitro groups is 1. The van der Waals surface area contributed by atoms with Crippen molar-refractivity contribution in [2.75, 3.05) is 25.0 Å². The molecule has 0 aromatic heterocycles. The Morgan fingerprint density at radius 3 is 3.00 bits per heavy atom. The van der Waals surface area contributed by atoms with E-state index in [0.29, 0.717) is 19.7 Å². The van der Waals surface area contributed by atoms with Crippen molar-refractivity contribution in [1.82, 2.24) is 5.32 Å². The minimum atomic E-state index is -0.734. The lowest BCUT2D eigenvalue weighted by Crippen LogP contribution is -2.45. The Morgan fingerprint density at radius 2 is 2.37 bits per heavy atom. The number of carbonyl (C=O) groups is 1. The predicted molar refractivity (Wildman–Crippen MR) is 64.3 cm³/mol. The van der Waals surface area contributed by atoms with E-state index in [4.69, 9.17) is 4.74 Å². The summed E-state index contributed by atoms with van der Waals surface area (Å²) in [4.78, 5) is 21.7. The van der Waals surface area contributed by atoms with Crippen molar-refractivity contribution in [1.29, 1.82) is 0 Å². The molecule has 2 rings (SSSR count). The Morgan fingerprint density at radius 1 is 1.58 bits per heavy atom. The molecule has 1 aromatic rings. The van der Waals surface area contributed by atoms with E-state index >= 15 is 0 Å². The molecule has 0 spiro atoms. The highest BCUT2D eigenvalue weighted by atomic mass is 19.1. The lowest BCUT2D eigenvalue weighted by Gasteiger charge is -2.22. The Balaban J connectivity index is 2.11. The molecule has 1 amide bonds. The van der Waals surface area contributed by atoms with Crippen LogP contribution < -0.4 is 10.6 Å². The molecule has 1 heterocycles. The van der Waals surface area contributed by atoms with Crippen molar-refractivity contribution in [3.05, 3.63) is 34.1 Å². The van der Waals surface area contributed by atoms with Crippen LogP contribution >= 0.6 is 0 Å². The lowest BCUT2D eigenvalue weighted by atomic mass is 10.2. The average molecular weight is 269 g/mol. The fraction of sp³-hybridized carbons (Fsp3) is 0.364. The second-order valence-electron chi connectivity index (χ2n) is 3.97. The number of benzene rings is 1. The molecule has 19 heavy (non-hydrogen) atoms. The quantitative estimate of drug-likeness (QED) is 0.621. The van der Waals surface area contributed by atoms with Gasteiger partial charge in [0.25, 0.3) is 11.6 Å². The van der Waals surface area contributed by atoms with E-state index in [2.05, 4.69) is 10.6 Å². The smallest absolute Gasteiger partial charge is 0.271 e. The summed E-state index contributed by atoms with van der Waals surface area (Å²) in [5, 5.41) is 15.8. The molecule has 102 valence electrons. The number of nitrogens with zero attached hydrogens (tertiary/aromatic N) is 1. The van der Waals surface area contributed by atoms with E-state index in [9.17, 15) is 19.3 Å². The molecule has 0 saturated carbocycles. The van der Waals surface area contributed by atoms with Gasteiger partial charge in [0.1, 0.15) is 11.9 Å². The summed E-state index contributed by atoms with van der Waals surface area (Å²) < 4.78 is 18.7. The Hall–Kier alpha value is -2.06. The first-order chi connectivity index (χ1) is 9.08. The molecule has 1 atom stereocenters. The SMILES string of the molecule is O=C(Nc1cc([N+](=O)[O-])ccc1F)C1CNCCO1. The van der Waals surface area contributed by atoms with Gasteiger partial charge in [0.15, 0.2) is 0 Å². The predicted octanol–water partition coefficient (Wildman–Crippen LogP) is 0.661. The summed E-state index contributed by atoms with van der Waals surface area (Å²) in [7, 11) is 0. The summed E-state index contributed by atoms with van der Waals surface area (Å²) in [6.45, 7) is 1.35. The highest BCUT2D eigenvalue weighted by Crippen LogP contribution is 2.21. The van der Waals surface area contributed by atoms with Gasteiger partial charge in [-0.25, -0.2) is 4.39 Å². The summed E-state index contributed by atoms with van der Waals surface area (Å²) in [5.74, 6) is -1.27. The monoisotopic (exact) mass is 269 g/mol. The van der Waals surface area contributed by atoms with Crippen molar-refractivity contribution in [2.24, 2.45) is 0 Å². The highest BCUT2D eigenvalue weighted by Gasteiger charge is 2.23. The first-order valence-electron chi connectivity index (χ1n) is 5.65. The van der Waals surface area contributed by atoms with Crippen LogP contribution in [0.3, 0.4) is 0 Å². The highest BCUT2D eigenvalue weighted by molar-refractivity contribution is 5.94. The summed E-state index contributed by atoms with van der Waals surface area (Å²) >= 11 is 0. The van der Waals surface area contributed by atoms with Gasteiger partial charge in [-0.1, -0.05) is 0 Å². The number of nitro benzene ring substituents is 1. The Kier molecular flexibility index (Phi) is 4.03. The molecule has 0 radical (unpaired) electrons. The van der Waals surface area contributed by atoms with Crippen LogP contribution in [0.15, 0.2) is 18.2 Å². The van der Waals surface area contributed by atoms with Crippen LogP contribution in [0.1, 0.15) is 0 Å². The molecule has 1 aliphatic rings. The number of halogens is 1. The van der Waals surface area contributed by atoms with Gasteiger partial charge >= 0.3 is 0 Å². The normalized spacial score (nSPS) is 18.9. The maximum absolute atomic E-state index is 13.5. The van der Waals surface area contributed by atoms with Gasteiger partial charge in [0.05, 0.1) is 17.2 Å². The maximum Gasteiger partial charge on any atom is 0.271 e. The minimum Gasteiger partial charge on any atom is -0.366 e. The van der Waals surface area contributed by atoms with Crippen molar-refractivity contribution in [2.45, 2.75) is 6.10 Å². The zero-order chi connectivity index (χ0) is 13.8. The number of hydrogen-bond acceptors (Lipinski definition) is 5. The first kappa shape index (κ1) is 13.4. The van der Waals surface area contributed by atoms with E-state index in [-0.39, 0.29) is 11.4 Å². The van der Waals surface area contributed by atoms with Gasteiger partial charge < -0.3 is 15.4 Å². The third-order valence-electron chi connectivity index (χ3n) is 2.64. The topological polar surface area (TPSA) is 93.5 Å². The molecule has 0 bridgehead atoms. The van der Waals surface area contributed by atoms with Gasteiger partial charge in [-0.2, -0.15) is 0 Å². The fourth-order valence-electron chi connectivity index (χ4n) is 1.67. The van der Waals surface area contributed by atoms with Crippen LogP contribution in [0.4, 0.5) is 15.8 Å². The zero-order valence-corrected chi connectivity index (χ0v) is 9.89. The molecular weight excluding hydrogens is 257 g/mol. The second kappa shape index (κ2) is 5.72.